The summed E-state index contributed by atoms with van der Waals surface area (Å²) >= 11 is 5.16. The molecule has 0 aliphatic heterocycles. The van der Waals surface area contributed by atoms with E-state index >= 15 is 0 Å². The van der Waals surface area contributed by atoms with Crippen molar-refractivity contribution >= 4 is 27.3 Å². The minimum Gasteiger partial charge on any atom is -0.340 e. The Morgan fingerprint density at radius 3 is 3.12 bits per heavy atom. The third-order valence-electron chi connectivity index (χ3n) is 2.18. The molecule has 0 spiro atoms. The summed E-state index contributed by atoms with van der Waals surface area (Å²) in [6.07, 6.45) is 3.03. The monoisotopic (exact) mass is 299 g/mol. The lowest BCUT2D eigenvalue weighted by atomic mass is 10.4. The van der Waals surface area contributed by atoms with E-state index in [9.17, 15) is 0 Å². The lowest BCUT2D eigenvalue weighted by molar-refractivity contribution is 0.655. The Balaban J connectivity index is 2.02. The zero-order valence-electron chi connectivity index (χ0n) is 9.09. The molecular formula is C11H14BrN3S. The maximum atomic E-state index is 4.35. The molecule has 2 N–H and O–H groups in total. The summed E-state index contributed by atoms with van der Waals surface area (Å²) in [5, 5.41) is 5.40. The van der Waals surface area contributed by atoms with E-state index in [1.54, 1.807) is 11.3 Å². The van der Waals surface area contributed by atoms with Crippen LogP contribution in [0.5, 0.6) is 0 Å². The first-order chi connectivity index (χ1) is 7.79. The average Bonchev–Trinajstić information content (AvgIpc) is 2.87. The summed E-state index contributed by atoms with van der Waals surface area (Å²) in [7, 11) is 0. The van der Waals surface area contributed by atoms with Gasteiger partial charge >= 0.3 is 0 Å². The lowest BCUT2D eigenvalue weighted by Crippen LogP contribution is -2.14. The van der Waals surface area contributed by atoms with E-state index in [0.717, 1.165) is 35.5 Å². The summed E-state index contributed by atoms with van der Waals surface area (Å²) < 4.78 is 1.12. The molecule has 0 amide bonds. The number of hydrogen-bond donors (Lipinski definition) is 2. The fourth-order valence-electron chi connectivity index (χ4n) is 1.42. The molecule has 16 heavy (non-hydrogen) atoms. The van der Waals surface area contributed by atoms with Crippen LogP contribution in [0, 0.1) is 0 Å². The minimum atomic E-state index is 0.806. The molecule has 2 aromatic heterocycles. The number of imidazole rings is 1. The molecule has 3 nitrogen and oxygen atoms in total. The lowest BCUT2D eigenvalue weighted by Gasteiger charge is -1.98. The molecule has 0 fully saturated rings. The Morgan fingerprint density at radius 2 is 2.44 bits per heavy atom. The van der Waals surface area contributed by atoms with Gasteiger partial charge in [0.2, 0.25) is 0 Å². The van der Waals surface area contributed by atoms with Gasteiger partial charge < -0.3 is 10.3 Å². The molecule has 2 rings (SSSR count). The molecule has 0 unspecified atom stereocenters. The summed E-state index contributed by atoms with van der Waals surface area (Å²) in [5.41, 5.74) is 1.09. The van der Waals surface area contributed by atoms with Crippen molar-refractivity contribution in [3.63, 3.8) is 0 Å². The van der Waals surface area contributed by atoms with E-state index in [0.29, 0.717) is 0 Å². The van der Waals surface area contributed by atoms with Crippen LogP contribution >= 0.6 is 27.3 Å². The van der Waals surface area contributed by atoms with Crippen LogP contribution in [0.1, 0.15) is 19.2 Å². The van der Waals surface area contributed by atoms with E-state index in [1.165, 1.54) is 4.88 Å². The van der Waals surface area contributed by atoms with Gasteiger partial charge in [0.1, 0.15) is 5.82 Å². The maximum Gasteiger partial charge on any atom is 0.120 e. The normalized spacial score (nSPS) is 10.9. The quantitative estimate of drug-likeness (QED) is 0.831. The molecule has 0 aromatic carbocycles. The fraction of sp³-hybridized carbons (Fsp3) is 0.364. The van der Waals surface area contributed by atoms with Gasteiger partial charge in [-0.2, -0.15) is 0 Å². The van der Waals surface area contributed by atoms with E-state index in [2.05, 4.69) is 49.6 Å². The van der Waals surface area contributed by atoms with Gasteiger partial charge in [-0.05, 0) is 35.0 Å². The maximum absolute atomic E-state index is 4.35. The Labute approximate surface area is 107 Å². The number of hydrogen-bond acceptors (Lipinski definition) is 3. The second-order valence-corrected chi connectivity index (χ2v) is 5.38. The van der Waals surface area contributed by atoms with Gasteiger partial charge in [0.15, 0.2) is 0 Å². The number of nitrogens with one attached hydrogen (secondary N) is 2. The molecule has 0 radical (unpaired) electrons. The van der Waals surface area contributed by atoms with E-state index in [1.807, 2.05) is 6.20 Å². The van der Waals surface area contributed by atoms with Gasteiger partial charge in [-0.3, -0.25) is 0 Å². The van der Waals surface area contributed by atoms with Crippen molar-refractivity contribution in [2.75, 3.05) is 6.54 Å². The highest BCUT2D eigenvalue weighted by Crippen LogP contribution is 2.28. The van der Waals surface area contributed by atoms with Crippen LogP contribution in [0.2, 0.25) is 0 Å². The first kappa shape index (κ1) is 11.8. The topological polar surface area (TPSA) is 40.7 Å². The number of aromatic amines is 1. The van der Waals surface area contributed by atoms with Crippen LogP contribution in [0.25, 0.3) is 10.6 Å². The SMILES string of the molecule is CCCNCc1ncc(-c2cc(Br)cs2)[nH]1. The number of thiophene rings is 1. The first-order valence-electron chi connectivity index (χ1n) is 5.28. The second-order valence-electron chi connectivity index (χ2n) is 3.55. The van der Waals surface area contributed by atoms with Crippen LogP contribution in [-0.2, 0) is 6.54 Å². The molecule has 2 heterocycles. The van der Waals surface area contributed by atoms with Gasteiger partial charge in [-0.25, -0.2) is 4.98 Å². The smallest absolute Gasteiger partial charge is 0.120 e. The van der Waals surface area contributed by atoms with Gasteiger partial charge in [0.25, 0.3) is 0 Å². The van der Waals surface area contributed by atoms with Crippen molar-refractivity contribution in [1.82, 2.24) is 15.3 Å². The summed E-state index contributed by atoms with van der Waals surface area (Å²) in [6.45, 7) is 3.99. The molecule has 5 heteroatoms. The van der Waals surface area contributed by atoms with Crippen LogP contribution < -0.4 is 5.32 Å². The summed E-state index contributed by atoms with van der Waals surface area (Å²) in [6, 6.07) is 2.10. The number of nitrogens with zero attached hydrogens (tertiary/aromatic N) is 1. The van der Waals surface area contributed by atoms with E-state index < -0.39 is 0 Å². The zero-order chi connectivity index (χ0) is 11.4. The molecule has 0 saturated carbocycles. The Morgan fingerprint density at radius 1 is 1.56 bits per heavy atom. The van der Waals surface area contributed by atoms with Crippen molar-refractivity contribution < 1.29 is 0 Å². The molecule has 0 atom stereocenters. The van der Waals surface area contributed by atoms with Crippen molar-refractivity contribution in [3.05, 3.63) is 27.9 Å². The molecule has 0 bridgehead atoms. The first-order valence-corrected chi connectivity index (χ1v) is 6.96. The molecule has 0 aliphatic carbocycles. The third kappa shape index (κ3) is 2.93. The van der Waals surface area contributed by atoms with Crippen molar-refractivity contribution in [1.29, 1.82) is 0 Å². The highest BCUT2D eigenvalue weighted by Gasteiger charge is 2.05. The predicted molar refractivity (Wildman–Crippen MR) is 71.6 cm³/mol. The van der Waals surface area contributed by atoms with Gasteiger partial charge in [-0.15, -0.1) is 11.3 Å². The number of aromatic nitrogens is 2. The molecule has 0 aliphatic rings. The van der Waals surface area contributed by atoms with Crippen LogP contribution in [0.3, 0.4) is 0 Å². The summed E-state index contributed by atoms with van der Waals surface area (Å²) in [4.78, 5) is 8.87. The van der Waals surface area contributed by atoms with Gasteiger partial charge in [0, 0.05) is 9.85 Å². The average molecular weight is 300 g/mol. The Bertz CT molecular complexity index is 450. The standard InChI is InChI=1S/C11H14BrN3S/c1-2-3-13-6-11-14-5-9(15-11)10-4-8(12)7-16-10/h4-5,7,13H,2-3,6H2,1H3,(H,14,15). The van der Waals surface area contributed by atoms with E-state index in [4.69, 9.17) is 0 Å². The number of H-pyrrole nitrogens is 1. The predicted octanol–water partition coefficient (Wildman–Crippen LogP) is 3.40. The molecular weight excluding hydrogens is 286 g/mol. The van der Waals surface area contributed by atoms with Crippen molar-refractivity contribution in [2.24, 2.45) is 0 Å². The number of rotatable bonds is 5. The molecule has 0 saturated heterocycles. The third-order valence-corrected chi connectivity index (χ3v) is 3.90. The minimum absolute atomic E-state index is 0.806. The van der Waals surface area contributed by atoms with Gasteiger partial charge in [0.05, 0.1) is 23.3 Å². The number of halogens is 1. The Hall–Kier alpha value is -0.650. The van der Waals surface area contributed by atoms with Gasteiger partial charge in [-0.1, -0.05) is 6.92 Å². The van der Waals surface area contributed by atoms with Crippen LogP contribution in [-0.4, -0.2) is 16.5 Å². The van der Waals surface area contributed by atoms with E-state index in [-0.39, 0.29) is 0 Å². The fourth-order valence-corrected chi connectivity index (χ4v) is 2.81. The highest BCUT2D eigenvalue weighted by atomic mass is 79.9. The largest absolute Gasteiger partial charge is 0.340 e. The zero-order valence-corrected chi connectivity index (χ0v) is 11.5. The van der Waals surface area contributed by atoms with Crippen LogP contribution in [0.15, 0.2) is 22.1 Å². The summed E-state index contributed by atoms with van der Waals surface area (Å²) in [5.74, 6) is 0.993. The molecule has 2 aromatic rings. The second kappa shape index (κ2) is 5.61. The highest BCUT2D eigenvalue weighted by molar-refractivity contribution is 9.10. The van der Waals surface area contributed by atoms with Crippen molar-refractivity contribution in [2.45, 2.75) is 19.9 Å². The molecule has 86 valence electrons. The van der Waals surface area contributed by atoms with Crippen molar-refractivity contribution in [3.8, 4) is 10.6 Å². The Kier molecular flexibility index (Phi) is 4.15. The van der Waals surface area contributed by atoms with Crippen LogP contribution in [0.4, 0.5) is 0 Å².